The molecule has 1 fully saturated rings. The molecule has 2 atom stereocenters. The second-order valence-electron chi connectivity index (χ2n) is 8.09. The number of nitrogens with zero attached hydrogens (tertiary/aromatic N) is 4. The second kappa shape index (κ2) is 8.83. The summed E-state index contributed by atoms with van der Waals surface area (Å²) < 4.78 is 7.47. The Labute approximate surface area is 176 Å². The first-order valence-electron chi connectivity index (χ1n) is 10.1. The van der Waals surface area contributed by atoms with Crippen LogP contribution in [0, 0.1) is 12.8 Å². The fourth-order valence-electron chi connectivity index (χ4n) is 3.41. The van der Waals surface area contributed by atoms with Crippen LogP contribution in [0.2, 0.25) is 0 Å². The molecule has 1 saturated heterocycles. The summed E-state index contributed by atoms with van der Waals surface area (Å²) in [6, 6.07) is 6.39. The van der Waals surface area contributed by atoms with Gasteiger partial charge in [-0.25, -0.2) is 9.37 Å². The molecule has 0 radical (unpaired) electrons. The summed E-state index contributed by atoms with van der Waals surface area (Å²) in [7, 11) is 3.05. The summed E-state index contributed by atoms with van der Waals surface area (Å²) in [6.45, 7) is 6.91. The van der Waals surface area contributed by atoms with Gasteiger partial charge in [-0.05, 0) is 24.5 Å². The van der Waals surface area contributed by atoms with Crippen molar-refractivity contribution < 1.29 is 24.0 Å². The average molecular weight is 417 g/mol. The number of β-amino-alcohol motifs (C(OH)–C–C–N with tert-alkyl or cyclic N) is 1. The third-order valence-corrected chi connectivity index (χ3v) is 5.13. The molecule has 0 saturated carbocycles. The van der Waals surface area contributed by atoms with E-state index in [1.165, 1.54) is 11.9 Å². The highest BCUT2D eigenvalue weighted by molar-refractivity contribution is 6.22. The maximum absolute atomic E-state index is 12.9. The number of guanidine groups is 1. The molecule has 2 unspecified atom stereocenters. The normalized spacial score (nSPS) is 20.0. The molecule has 2 N–H and O–H groups in total. The number of carbonyl (C=O) groups is 2. The number of amidine groups is 1. The molecular weight excluding hydrogens is 386 g/mol. The minimum atomic E-state index is -0.865. The van der Waals surface area contributed by atoms with Gasteiger partial charge in [-0.2, -0.15) is 0 Å². The van der Waals surface area contributed by atoms with Gasteiger partial charge in [0.05, 0.1) is 13.1 Å². The maximum atomic E-state index is 12.9. The summed E-state index contributed by atoms with van der Waals surface area (Å²) in [5, 5.41) is 13.9. The summed E-state index contributed by atoms with van der Waals surface area (Å²) in [6.07, 6.45) is -0.865. The molecule has 30 heavy (non-hydrogen) atoms. The molecule has 3 amide bonds. The van der Waals surface area contributed by atoms with Crippen molar-refractivity contribution in [2.24, 2.45) is 10.9 Å². The van der Waals surface area contributed by atoms with Gasteiger partial charge in [0.2, 0.25) is 11.9 Å². The van der Waals surface area contributed by atoms with E-state index in [1.807, 2.05) is 31.2 Å². The van der Waals surface area contributed by atoms with Crippen LogP contribution < -0.4 is 10.1 Å². The van der Waals surface area contributed by atoms with Crippen LogP contribution >= 0.6 is 0 Å². The molecular formula is C21H30N5O4+. The molecule has 162 valence electrons. The van der Waals surface area contributed by atoms with Gasteiger partial charge in [0.15, 0.2) is 0 Å². The number of benzene rings is 1. The Morgan fingerprint density at radius 2 is 1.93 bits per heavy atom. The first-order valence-corrected chi connectivity index (χ1v) is 10.1. The predicted octanol–water partition coefficient (Wildman–Crippen LogP) is 0.653. The predicted molar refractivity (Wildman–Crippen MR) is 113 cm³/mol. The van der Waals surface area contributed by atoms with Gasteiger partial charge in [-0.3, -0.25) is 19.9 Å². The largest absolute Gasteiger partial charge is 0.490 e. The smallest absolute Gasteiger partial charge is 0.390 e. The van der Waals surface area contributed by atoms with Gasteiger partial charge in [0.1, 0.15) is 18.5 Å². The Bertz CT molecular complexity index is 895. The van der Waals surface area contributed by atoms with Crippen molar-refractivity contribution in [3.05, 3.63) is 29.8 Å². The highest BCUT2D eigenvalue weighted by Crippen LogP contribution is 2.20. The second-order valence-corrected chi connectivity index (χ2v) is 8.09. The number of hydrogen-bond acceptors (Lipinski definition) is 6. The van der Waals surface area contributed by atoms with E-state index in [2.05, 4.69) is 24.2 Å². The zero-order chi connectivity index (χ0) is 22.0. The van der Waals surface area contributed by atoms with Crippen LogP contribution in [0.3, 0.4) is 0 Å². The number of aryl methyl sites for hydroxylation is 1. The van der Waals surface area contributed by atoms with Gasteiger partial charge < -0.3 is 9.84 Å². The maximum Gasteiger partial charge on any atom is 0.390 e. The average Bonchev–Trinajstić information content (AvgIpc) is 3.06. The SMILES string of the molecule is Cc1ccccc1OCC(O)C[N+]1=C(NCC(C)C)N=C2C1C(=O)N(C)C(=O)N2C. The van der Waals surface area contributed by atoms with Crippen molar-refractivity contribution in [3.8, 4) is 5.75 Å². The van der Waals surface area contributed by atoms with Crippen LogP contribution in [-0.4, -0.2) is 89.2 Å². The molecule has 0 aliphatic carbocycles. The third kappa shape index (κ3) is 4.30. The number of amides is 3. The fourth-order valence-corrected chi connectivity index (χ4v) is 3.41. The Hall–Kier alpha value is -2.94. The molecule has 0 bridgehead atoms. The summed E-state index contributed by atoms with van der Waals surface area (Å²) >= 11 is 0. The molecule has 9 heteroatoms. The van der Waals surface area contributed by atoms with E-state index in [0.717, 1.165) is 10.5 Å². The number of para-hydroxylation sites is 1. The molecule has 9 nitrogen and oxygen atoms in total. The van der Waals surface area contributed by atoms with Crippen molar-refractivity contribution in [2.75, 3.05) is 33.8 Å². The summed E-state index contributed by atoms with van der Waals surface area (Å²) in [5.41, 5.74) is 0.978. The van der Waals surface area contributed by atoms with Crippen LogP contribution in [0.4, 0.5) is 4.79 Å². The highest BCUT2D eigenvalue weighted by Gasteiger charge is 2.51. The Balaban J connectivity index is 1.79. The molecule has 0 aromatic heterocycles. The third-order valence-electron chi connectivity index (χ3n) is 5.13. The molecule has 2 heterocycles. The first kappa shape index (κ1) is 21.8. The Morgan fingerprint density at radius 3 is 2.60 bits per heavy atom. The first-order chi connectivity index (χ1) is 14.2. The number of urea groups is 1. The Morgan fingerprint density at radius 1 is 1.23 bits per heavy atom. The van der Waals surface area contributed by atoms with Crippen molar-refractivity contribution in [2.45, 2.75) is 32.9 Å². The molecule has 0 spiro atoms. The number of nitrogens with one attached hydrogen (secondary N) is 1. The number of hydrogen-bond donors (Lipinski definition) is 2. The van der Waals surface area contributed by atoms with E-state index in [1.54, 1.807) is 11.6 Å². The van der Waals surface area contributed by atoms with Gasteiger partial charge in [0.25, 0.3) is 5.91 Å². The molecule has 3 rings (SSSR count). The van der Waals surface area contributed by atoms with Gasteiger partial charge in [0, 0.05) is 14.1 Å². The molecule has 1 aromatic rings. The quantitative estimate of drug-likeness (QED) is 0.637. The van der Waals surface area contributed by atoms with Crippen LogP contribution in [0.1, 0.15) is 19.4 Å². The van der Waals surface area contributed by atoms with Crippen molar-refractivity contribution in [1.82, 2.24) is 15.1 Å². The topological polar surface area (TPSA) is 97.5 Å². The number of likely N-dealkylation sites (N-methyl/N-ethyl adjacent to an activating group) is 2. The zero-order valence-corrected chi connectivity index (χ0v) is 18.1. The van der Waals surface area contributed by atoms with E-state index in [9.17, 15) is 14.7 Å². The number of ether oxygens (including phenoxy) is 1. The number of aliphatic imine (C=N–C) groups is 1. The highest BCUT2D eigenvalue weighted by atomic mass is 16.5. The molecule has 2 aliphatic heterocycles. The van der Waals surface area contributed by atoms with Gasteiger partial charge >= 0.3 is 12.0 Å². The number of fused-ring (bicyclic) bond motifs is 1. The van der Waals surface area contributed by atoms with Crippen molar-refractivity contribution in [3.63, 3.8) is 0 Å². The lowest BCUT2D eigenvalue weighted by Gasteiger charge is -2.32. The minimum Gasteiger partial charge on any atom is -0.490 e. The monoisotopic (exact) mass is 416 g/mol. The van der Waals surface area contributed by atoms with Crippen LogP contribution in [-0.2, 0) is 4.79 Å². The summed E-state index contributed by atoms with van der Waals surface area (Å²) in [4.78, 5) is 32.1. The van der Waals surface area contributed by atoms with Crippen molar-refractivity contribution in [1.29, 1.82) is 0 Å². The number of carbonyl (C=O) groups excluding carboxylic acids is 2. The number of aliphatic hydroxyl groups excluding tert-OH is 1. The van der Waals surface area contributed by atoms with Gasteiger partial charge in [-0.15, -0.1) is 0 Å². The van der Waals surface area contributed by atoms with E-state index < -0.39 is 18.2 Å². The van der Waals surface area contributed by atoms with E-state index in [-0.39, 0.29) is 19.1 Å². The summed E-state index contributed by atoms with van der Waals surface area (Å²) in [5.74, 6) is 1.53. The van der Waals surface area contributed by atoms with E-state index >= 15 is 0 Å². The van der Waals surface area contributed by atoms with E-state index in [0.29, 0.717) is 30.0 Å². The lowest BCUT2D eigenvalue weighted by atomic mass is 10.1. The fraction of sp³-hybridized carbons (Fsp3) is 0.524. The van der Waals surface area contributed by atoms with Crippen LogP contribution in [0.5, 0.6) is 5.75 Å². The van der Waals surface area contributed by atoms with E-state index in [4.69, 9.17) is 4.74 Å². The van der Waals surface area contributed by atoms with Crippen molar-refractivity contribution >= 4 is 23.7 Å². The standard InChI is InChI=1S/C21H29N5O4/c1-13(2)10-22-20-23-18-17(19(28)25(5)21(29)24(18)4)26(20)11-15(27)12-30-16-9-7-6-8-14(16)3/h6-9,13,15,17,27H,10-12H2,1-5H3/p+1. The lowest BCUT2D eigenvalue weighted by Crippen LogP contribution is -2.62. The number of imide groups is 1. The lowest BCUT2D eigenvalue weighted by molar-refractivity contribution is -0.545. The van der Waals surface area contributed by atoms with Crippen LogP contribution in [0.15, 0.2) is 29.3 Å². The van der Waals surface area contributed by atoms with Gasteiger partial charge in [-0.1, -0.05) is 37.0 Å². The Kier molecular flexibility index (Phi) is 6.40. The molecule has 1 aromatic carbocycles. The zero-order valence-electron chi connectivity index (χ0n) is 18.1. The van der Waals surface area contributed by atoms with Crippen LogP contribution in [0.25, 0.3) is 0 Å². The minimum absolute atomic E-state index is 0.0691. The number of rotatable bonds is 7. The molecule has 2 aliphatic rings. The number of aliphatic hydroxyl groups is 1.